The lowest BCUT2D eigenvalue weighted by atomic mass is 9.92. The second kappa shape index (κ2) is 7.28. The van der Waals surface area contributed by atoms with Crippen LogP contribution in [0.15, 0.2) is 42.6 Å². The average molecular weight is 375 g/mol. The van der Waals surface area contributed by atoms with E-state index in [-0.39, 0.29) is 17.4 Å². The van der Waals surface area contributed by atoms with Gasteiger partial charge in [0.1, 0.15) is 0 Å². The smallest absolute Gasteiger partial charge is 0.430 e. The predicted molar refractivity (Wildman–Crippen MR) is 84.0 cm³/mol. The summed E-state index contributed by atoms with van der Waals surface area (Å²) in [4.78, 5) is 16.0. The van der Waals surface area contributed by atoms with Gasteiger partial charge in [0.05, 0.1) is 12.1 Å². The number of amides is 1. The lowest BCUT2D eigenvalue weighted by molar-refractivity contribution is -0.257. The zero-order valence-electron chi connectivity index (χ0n) is 13.0. The number of ether oxygens (including phenoxy) is 1. The summed E-state index contributed by atoms with van der Waals surface area (Å²) in [6, 6.07) is 7.48. The fourth-order valence-corrected chi connectivity index (χ4v) is 2.28. The molecule has 0 aliphatic heterocycles. The first kappa shape index (κ1) is 19.0. The topological polar surface area (TPSA) is 71.5 Å². The van der Waals surface area contributed by atoms with Gasteiger partial charge in [0.25, 0.3) is 11.5 Å². The van der Waals surface area contributed by atoms with Crippen LogP contribution in [-0.4, -0.2) is 29.3 Å². The van der Waals surface area contributed by atoms with Crippen LogP contribution in [0.1, 0.15) is 11.1 Å². The first-order chi connectivity index (χ1) is 11.7. The minimum atomic E-state index is -5.21. The Labute approximate surface area is 146 Å². The van der Waals surface area contributed by atoms with Crippen LogP contribution in [0.4, 0.5) is 13.2 Å². The molecule has 1 amide bonds. The first-order valence-corrected chi connectivity index (χ1v) is 7.39. The molecule has 0 fully saturated rings. The summed E-state index contributed by atoms with van der Waals surface area (Å²) in [6.45, 7) is -0.345. The zero-order chi connectivity index (χ0) is 18.7. The van der Waals surface area contributed by atoms with Gasteiger partial charge < -0.3 is 15.2 Å². The number of nitrogens with one attached hydrogen (secondary N) is 1. The van der Waals surface area contributed by atoms with Crippen molar-refractivity contribution >= 4 is 17.5 Å². The third-order valence-corrected chi connectivity index (χ3v) is 3.83. The van der Waals surface area contributed by atoms with E-state index in [9.17, 15) is 23.1 Å². The Morgan fingerprint density at radius 2 is 1.96 bits per heavy atom. The largest absolute Gasteiger partial charge is 0.481 e. The van der Waals surface area contributed by atoms with Crippen molar-refractivity contribution in [3.05, 3.63) is 58.7 Å². The molecule has 0 radical (unpaired) electrons. The van der Waals surface area contributed by atoms with Gasteiger partial charge in [-0.05, 0) is 5.56 Å². The summed E-state index contributed by atoms with van der Waals surface area (Å²) in [5.74, 6) is -1.43. The molecule has 2 N–H and O–H groups in total. The molecule has 0 bridgehead atoms. The number of nitrogens with zero attached hydrogens (tertiary/aromatic N) is 1. The number of benzene rings is 1. The number of hydrogen-bond donors (Lipinski definition) is 2. The van der Waals surface area contributed by atoms with Gasteiger partial charge in [-0.1, -0.05) is 41.9 Å². The van der Waals surface area contributed by atoms with Gasteiger partial charge in [0.2, 0.25) is 5.88 Å². The zero-order valence-corrected chi connectivity index (χ0v) is 13.7. The minimum Gasteiger partial charge on any atom is -0.481 e. The normalized spacial score (nSPS) is 13.8. The fourth-order valence-electron chi connectivity index (χ4n) is 2.11. The van der Waals surface area contributed by atoms with Crippen molar-refractivity contribution in [3.8, 4) is 5.88 Å². The number of alkyl halides is 3. The molecule has 9 heteroatoms. The van der Waals surface area contributed by atoms with Crippen molar-refractivity contribution in [2.75, 3.05) is 7.11 Å². The monoisotopic (exact) mass is 374 g/mol. The van der Waals surface area contributed by atoms with Gasteiger partial charge in [-0.25, -0.2) is 4.98 Å². The molecule has 2 rings (SSSR count). The van der Waals surface area contributed by atoms with Crippen molar-refractivity contribution in [3.63, 3.8) is 0 Å². The second-order valence-corrected chi connectivity index (χ2v) is 5.48. The molecule has 0 spiro atoms. The van der Waals surface area contributed by atoms with Crippen LogP contribution in [0.3, 0.4) is 0 Å². The highest BCUT2D eigenvalue weighted by molar-refractivity contribution is 6.31. The van der Waals surface area contributed by atoms with Crippen LogP contribution in [-0.2, 0) is 16.9 Å². The highest BCUT2D eigenvalue weighted by Crippen LogP contribution is 2.39. The van der Waals surface area contributed by atoms with Crippen LogP contribution in [0.2, 0.25) is 5.02 Å². The molecule has 1 heterocycles. The molecule has 0 saturated heterocycles. The van der Waals surface area contributed by atoms with E-state index in [1.54, 1.807) is 0 Å². The molecule has 25 heavy (non-hydrogen) atoms. The Hall–Kier alpha value is -2.32. The van der Waals surface area contributed by atoms with E-state index in [1.807, 2.05) is 0 Å². The van der Waals surface area contributed by atoms with Gasteiger partial charge in [-0.15, -0.1) is 0 Å². The van der Waals surface area contributed by atoms with Crippen molar-refractivity contribution in [1.29, 1.82) is 0 Å². The Kier molecular flexibility index (Phi) is 5.54. The van der Waals surface area contributed by atoms with E-state index < -0.39 is 23.2 Å². The number of halogens is 4. The molecule has 5 nitrogen and oxygen atoms in total. The Morgan fingerprint density at radius 1 is 1.32 bits per heavy atom. The quantitative estimate of drug-likeness (QED) is 0.844. The number of hydrogen-bond acceptors (Lipinski definition) is 4. The molecule has 1 aromatic carbocycles. The second-order valence-electron chi connectivity index (χ2n) is 5.07. The lowest BCUT2D eigenvalue weighted by Crippen LogP contribution is -2.54. The van der Waals surface area contributed by atoms with E-state index in [4.69, 9.17) is 16.3 Å². The lowest BCUT2D eigenvalue weighted by Gasteiger charge is -2.29. The third kappa shape index (κ3) is 3.85. The van der Waals surface area contributed by atoms with E-state index in [2.05, 4.69) is 10.3 Å². The van der Waals surface area contributed by atoms with Gasteiger partial charge in [0.15, 0.2) is 0 Å². The van der Waals surface area contributed by atoms with Gasteiger partial charge in [-0.3, -0.25) is 4.79 Å². The Balaban J connectivity index is 2.28. The predicted octanol–water partition coefficient (Wildman–Crippen LogP) is 2.81. The van der Waals surface area contributed by atoms with Gasteiger partial charge >= 0.3 is 6.18 Å². The minimum absolute atomic E-state index is 0.136. The summed E-state index contributed by atoms with van der Waals surface area (Å²) < 4.78 is 45.1. The average Bonchev–Trinajstić information content (AvgIpc) is 2.59. The molecular formula is C16H14ClF3N2O3. The number of methoxy groups -OCH3 is 1. The van der Waals surface area contributed by atoms with Gasteiger partial charge in [-0.2, -0.15) is 13.2 Å². The van der Waals surface area contributed by atoms with E-state index >= 15 is 0 Å². The molecule has 1 unspecified atom stereocenters. The van der Waals surface area contributed by atoms with Crippen LogP contribution in [0.25, 0.3) is 0 Å². The molecule has 0 saturated carbocycles. The molecule has 2 aromatic rings. The van der Waals surface area contributed by atoms with E-state index in [0.717, 1.165) is 12.1 Å². The highest BCUT2D eigenvalue weighted by atomic mass is 35.5. The number of aromatic nitrogens is 1. The number of carbonyl (C=O) groups excluding carboxylic acids is 1. The summed E-state index contributed by atoms with van der Waals surface area (Å²) in [5.41, 5.74) is -3.98. The summed E-state index contributed by atoms with van der Waals surface area (Å²) in [5, 5.41) is 12.3. The number of aliphatic hydroxyl groups is 1. The van der Waals surface area contributed by atoms with Crippen molar-refractivity contribution in [1.82, 2.24) is 10.3 Å². The Bertz CT molecular complexity index is 756. The van der Waals surface area contributed by atoms with Crippen molar-refractivity contribution in [2.24, 2.45) is 0 Å². The number of rotatable bonds is 5. The van der Waals surface area contributed by atoms with Crippen LogP contribution < -0.4 is 10.1 Å². The first-order valence-electron chi connectivity index (χ1n) is 7.01. The maximum Gasteiger partial charge on any atom is 0.430 e. The van der Waals surface area contributed by atoms with Crippen LogP contribution in [0.5, 0.6) is 5.88 Å². The van der Waals surface area contributed by atoms with Crippen LogP contribution in [0, 0.1) is 0 Å². The van der Waals surface area contributed by atoms with Gasteiger partial charge in [0, 0.05) is 24.4 Å². The van der Waals surface area contributed by atoms with E-state index in [1.165, 1.54) is 37.6 Å². The summed E-state index contributed by atoms with van der Waals surface area (Å²) in [6.07, 6.45) is -3.97. The maximum atomic E-state index is 13.4. The van der Waals surface area contributed by atoms with E-state index in [0.29, 0.717) is 5.56 Å². The SMILES string of the molecule is COc1cc(CNC(=O)C(O)(c2ccccc2)C(F)(F)F)c(Cl)cn1. The molecule has 0 aliphatic rings. The number of carbonyl (C=O) groups is 1. The Morgan fingerprint density at radius 3 is 2.52 bits per heavy atom. The molecule has 1 aromatic heterocycles. The maximum absolute atomic E-state index is 13.4. The molecule has 0 aliphatic carbocycles. The standard InChI is InChI=1S/C16H14ClF3N2O3/c1-25-13-7-10(12(17)9-21-13)8-22-14(23)15(24,16(18,19)20)11-5-3-2-4-6-11/h2-7,9,24H,8H2,1H3,(H,22,23). The molecular weight excluding hydrogens is 361 g/mol. The van der Waals surface area contributed by atoms with Crippen molar-refractivity contribution in [2.45, 2.75) is 18.3 Å². The highest BCUT2D eigenvalue weighted by Gasteiger charge is 2.60. The molecule has 134 valence electrons. The molecule has 1 atom stereocenters. The summed E-state index contributed by atoms with van der Waals surface area (Å²) in [7, 11) is 1.36. The number of pyridine rings is 1. The van der Waals surface area contributed by atoms with Crippen LogP contribution >= 0.6 is 11.6 Å². The third-order valence-electron chi connectivity index (χ3n) is 3.49. The fraction of sp³-hybridized carbons (Fsp3) is 0.250. The van der Waals surface area contributed by atoms with Crippen molar-refractivity contribution < 1.29 is 27.8 Å². The summed E-state index contributed by atoms with van der Waals surface area (Å²) >= 11 is 5.90.